The lowest BCUT2D eigenvalue weighted by Gasteiger charge is -2.02. The summed E-state index contributed by atoms with van der Waals surface area (Å²) in [5, 5.41) is 6.82. The number of hydrogen-bond acceptors (Lipinski definition) is 4. The van der Waals surface area contributed by atoms with Crippen molar-refractivity contribution in [3.05, 3.63) is 29.6 Å². The van der Waals surface area contributed by atoms with Crippen LogP contribution in [0.1, 0.15) is 19.4 Å². The highest BCUT2D eigenvalue weighted by Crippen LogP contribution is 2.22. The van der Waals surface area contributed by atoms with Crippen molar-refractivity contribution in [2.45, 2.75) is 26.8 Å². The number of halogens is 1. The monoisotopic (exact) mass is 235 g/mol. The molecule has 0 amide bonds. The number of nitrogens with one attached hydrogen (secondary N) is 1. The van der Waals surface area contributed by atoms with E-state index in [4.69, 9.17) is 4.52 Å². The van der Waals surface area contributed by atoms with E-state index in [0.717, 1.165) is 5.56 Å². The van der Waals surface area contributed by atoms with E-state index in [1.807, 2.05) is 20.8 Å². The Bertz CT molecular complexity index is 522. The van der Waals surface area contributed by atoms with Gasteiger partial charge in [0, 0.05) is 11.6 Å². The van der Waals surface area contributed by atoms with Crippen LogP contribution in [0, 0.1) is 12.7 Å². The molecule has 0 aliphatic rings. The third kappa shape index (κ3) is 2.61. The fraction of sp³-hybridized carbons (Fsp3) is 0.333. The summed E-state index contributed by atoms with van der Waals surface area (Å²) >= 11 is 0. The van der Waals surface area contributed by atoms with E-state index in [9.17, 15) is 4.39 Å². The number of aromatic nitrogens is 2. The van der Waals surface area contributed by atoms with E-state index >= 15 is 0 Å². The minimum Gasteiger partial charge on any atom is -0.336 e. The summed E-state index contributed by atoms with van der Waals surface area (Å²) < 4.78 is 18.2. The molecule has 0 aliphatic carbocycles. The van der Waals surface area contributed by atoms with Crippen molar-refractivity contribution >= 4 is 6.01 Å². The Morgan fingerprint density at radius 3 is 2.82 bits per heavy atom. The lowest BCUT2D eigenvalue weighted by Crippen LogP contribution is -2.09. The van der Waals surface area contributed by atoms with Crippen LogP contribution in [0.2, 0.25) is 0 Å². The summed E-state index contributed by atoms with van der Waals surface area (Å²) in [6.45, 7) is 5.81. The molecule has 0 atom stereocenters. The van der Waals surface area contributed by atoms with Crippen molar-refractivity contribution in [2.75, 3.05) is 5.32 Å². The largest absolute Gasteiger partial charge is 0.336 e. The van der Waals surface area contributed by atoms with Crippen LogP contribution in [0.25, 0.3) is 11.4 Å². The van der Waals surface area contributed by atoms with E-state index in [2.05, 4.69) is 15.5 Å². The molecule has 0 saturated carbocycles. The fourth-order valence-corrected chi connectivity index (χ4v) is 1.47. The first kappa shape index (κ1) is 11.6. The molecule has 0 fully saturated rings. The highest BCUT2D eigenvalue weighted by Gasteiger charge is 2.12. The Hall–Kier alpha value is -1.91. The standard InChI is InChI=1S/C12H14FN3O/c1-7(2)14-12-15-11(16-17-12)10-6-9(13)5-4-8(10)3/h4-7H,1-3H3,(H,14,15,16). The number of anilines is 1. The molecule has 2 aromatic rings. The normalized spacial score (nSPS) is 10.9. The van der Waals surface area contributed by atoms with Crippen LogP contribution < -0.4 is 5.32 Å². The summed E-state index contributed by atoms with van der Waals surface area (Å²) in [6, 6.07) is 5.05. The molecular formula is C12H14FN3O. The van der Waals surface area contributed by atoms with E-state index in [1.165, 1.54) is 12.1 Å². The second-order valence-electron chi connectivity index (χ2n) is 4.18. The first-order valence-electron chi connectivity index (χ1n) is 5.43. The summed E-state index contributed by atoms with van der Waals surface area (Å²) in [5.74, 6) is 0.0823. The lowest BCUT2D eigenvalue weighted by molar-refractivity contribution is 0.429. The van der Waals surface area contributed by atoms with Gasteiger partial charge in [-0.15, -0.1) is 0 Å². The second-order valence-corrected chi connectivity index (χ2v) is 4.18. The molecular weight excluding hydrogens is 221 g/mol. The molecule has 90 valence electrons. The van der Waals surface area contributed by atoms with Gasteiger partial charge in [-0.25, -0.2) is 4.39 Å². The molecule has 0 unspecified atom stereocenters. The number of benzene rings is 1. The van der Waals surface area contributed by atoms with Gasteiger partial charge in [-0.1, -0.05) is 11.2 Å². The molecule has 5 heteroatoms. The minimum atomic E-state index is -0.311. The maximum Gasteiger partial charge on any atom is 0.321 e. The maximum absolute atomic E-state index is 13.1. The third-order valence-electron chi connectivity index (χ3n) is 2.28. The molecule has 0 aliphatic heterocycles. The number of rotatable bonds is 3. The van der Waals surface area contributed by atoms with Crippen LogP contribution in [-0.4, -0.2) is 16.2 Å². The van der Waals surface area contributed by atoms with Crippen molar-refractivity contribution in [3.8, 4) is 11.4 Å². The average Bonchev–Trinajstić information content (AvgIpc) is 2.69. The molecule has 2 rings (SSSR count). The molecule has 0 spiro atoms. The van der Waals surface area contributed by atoms with Crippen molar-refractivity contribution in [1.82, 2.24) is 10.1 Å². The predicted octanol–water partition coefficient (Wildman–Crippen LogP) is 3.00. The maximum atomic E-state index is 13.1. The molecule has 1 heterocycles. The van der Waals surface area contributed by atoms with Gasteiger partial charge in [-0.3, -0.25) is 0 Å². The van der Waals surface area contributed by atoms with Gasteiger partial charge < -0.3 is 9.84 Å². The molecule has 0 saturated heterocycles. The Labute approximate surface area is 98.8 Å². The van der Waals surface area contributed by atoms with Crippen LogP contribution in [0.3, 0.4) is 0 Å². The Kier molecular flexibility index (Phi) is 3.08. The van der Waals surface area contributed by atoms with Crippen molar-refractivity contribution < 1.29 is 8.91 Å². The van der Waals surface area contributed by atoms with Gasteiger partial charge in [0.1, 0.15) is 5.82 Å². The van der Waals surface area contributed by atoms with Gasteiger partial charge in [0.25, 0.3) is 0 Å². The van der Waals surface area contributed by atoms with E-state index in [-0.39, 0.29) is 11.9 Å². The second kappa shape index (κ2) is 4.53. The van der Waals surface area contributed by atoms with Crippen molar-refractivity contribution in [1.29, 1.82) is 0 Å². The minimum absolute atomic E-state index is 0.205. The lowest BCUT2D eigenvalue weighted by atomic mass is 10.1. The number of hydrogen-bond donors (Lipinski definition) is 1. The molecule has 17 heavy (non-hydrogen) atoms. The first-order chi connectivity index (χ1) is 8.06. The first-order valence-corrected chi connectivity index (χ1v) is 5.43. The summed E-state index contributed by atoms with van der Waals surface area (Å²) in [4.78, 5) is 4.17. The molecule has 1 aromatic heterocycles. The van der Waals surface area contributed by atoms with Gasteiger partial charge in [0.05, 0.1) is 0 Å². The molecule has 0 radical (unpaired) electrons. The zero-order chi connectivity index (χ0) is 12.4. The van der Waals surface area contributed by atoms with E-state index in [0.29, 0.717) is 17.4 Å². The quantitative estimate of drug-likeness (QED) is 0.888. The Morgan fingerprint density at radius 2 is 2.12 bits per heavy atom. The topological polar surface area (TPSA) is 51.0 Å². The molecule has 0 bridgehead atoms. The zero-order valence-electron chi connectivity index (χ0n) is 9.99. The molecule has 1 N–H and O–H groups in total. The van der Waals surface area contributed by atoms with Crippen LogP contribution in [-0.2, 0) is 0 Å². The number of aryl methyl sites for hydroxylation is 1. The SMILES string of the molecule is Cc1ccc(F)cc1-c1noc(NC(C)C)n1. The van der Waals surface area contributed by atoms with Crippen LogP contribution in [0.4, 0.5) is 10.4 Å². The third-order valence-corrected chi connectivity index (χ3v) is 2.28. The Balaban J connectivity index is 2.33. The van der Waals surface area contributed by atoms with Crippen molar-refractivity contribution in [3.63, 3.8) is 0 Å². The van der Waals surface area contributed by atoms with E-state index in [1.54, 1.807) is 6.07 Å². The highest BCUT2D eigenvalue weighted by molar-refractivity contribution is 5.60. The van der Waals surface area contributed by atoms with Gasteiger partial charge in [-0.05, 0) is 38.5 Å². The van der Waals surface area contributed by atoms with Crippen LogP contribution in [0.5, 0.6) is 0 Å². The molecule has 1 aromatic carbocycles. The number of nitrogens with zero attached hydrogens (tertiary/aromatic N) is 2. The smallest absolute Gasteiger partial charge is 0.321 e. The van der Waals surface area contributed by atoms with Crippen LogP contribution in [0.15, 0.2) is 22.7 Å². The summed E-state index contributed by atoms with van der Waals surface area (Å²) in [5.41, 5.74) is 1.55. The van der Waals surface area contributed by atoms with Crippen LogP contribution >= 0.6 is 0 Å². The summed E-state index contributed by atoms with van der Waals surface area (Å²) in [6.07, 6.45) is 0. The van der Waals surface area contributed by atoms with Gasteiger partial charge >= 0.3 is 6.01 Å². The van der Waals surface area contributed by atoms with Gasteiger partial charge in [0.15, 0.2) is 0 Å². The fourth-order valence-electron chi connectivity index (χ4n) is 1.47. The Morgan fingerprint density at radius 1 is 1.35 bits per heavy atom. The van der Waals surface area contributed by atoms with Crippen molar-refractivity contribution in [2.24, 2.45) is 0 Å². The zero-order valence-corrected chi connectivity index (χ0v) is 9.99. The van der Waals surface area contributed by atoms with Gasteiger partial charge in [0.2, 0.25) is 5.82 Å². The van der Waals surface area contributed by atoms with Gasteiger partial charge in [-0.2, -0.15) is 4.98 Å². The summed E-state index contributed by atoms with van der Waals surface area (Å²) in [7, 11) is 0. The molecule has 4 nitrogen and oxygen atoms in total. The van der Waals surface area contributed by atoms with E-state index < -0.39 is 0 Å². The highest BCUT2D eigenvalue weighted by atomic mass is 19.1. The predicted molar refractivity (Wildman–Crippen MR) is 63.2 cm³/mol. The average molecular weight is 235 g/mol.